The van der Waals surface area contributed by atoms with E-state index in [-0.39, 0.29) is 11.7 Å². The smallest absolute Gasteiger partial charge is 0.245 e. The van der Waals surface area contributed by atoms with E-state index in [0.29, 0.717) is 30.5 Å². The van der Waals surface area contributed by atoms with Crippen LogP contribution in [0.4, 0.5) is 5.82 Å². The van der Waals surface area contributed by atoms with Crippen molar-refractivity contribution in [1.82, 2.24) is 29.9 Å². The second-order valence-corrected chi connectivity index (χ2v) is 8.60. The third-order valence-electron chi connectivity index (χ3n) is 5.79. The number of nitrogens with one attached hydrogen (secondary N) is 1. The maximum atomic E-state index is 13.0. The summed E-state index contributed by atoms with van der Waals surface area (Å²) in [7, 11) is 1.75. The molecule has 1 saturated carbocycles. The Morgan fingerprint density at radius 3 is 2.74 bits per heavy atom. The van der Waals surface area contributed by atoms with Crippen LogP contribution in [0.15, 0.2) is 36.7 Å². The zero-order valence-electron chi connectivity index (χ0n) is 17.1. The van der Waals surface area contributed by atoms with Gasteiger partial charge in [0, 0.05) is 30.6 Å². The molecule has 31 heavy (non-hydrogen) atoms. The zero-order valence-corrected chi connectivity index (χ0v) is 17.9. The number of hydrogen-bond acceptors (Lipinski definition) is 6. The van der Waals surface area contributed by atoms with Gasteiger partial charge in [0.2, 0.25) is 5.91 Å². The van der Waals surface area contributed by atoms with Gasteiger partial charge in [-0.2, -0.15) is 10.2 Å². The number of rotatable bonds is 6. The van der Waals surface area contributed by atoms with Gasteiger partial charge in [0.25, 0.3) is 0 Å². The highest BCUT2D eigenvalue weighted by molar-refractivity contribution is 6.30. The average Bonchev–Trinajstić information content (AvgIpc) is 3.38. The van der Waals surface area contributed by atoms with E-state index in [4.69, 9.17) is 11.6 Å². The third kappa shape index (κ3) is 4.21. The van der Waals surface area contributed by atoms with E-state index in [1.807, 2.05) is 35.0 Å². The van der Waals surface area contributed by atoms with Crippen molar-refractivity contribution in [1.29, 1.82) is 0 Å². The number of anilines is 1. The number of aryl methyl sites for hydroxylation is 1. The van der Waals surface area contributed by atoms with Crippen LogP contribution in [0, 0.1) is 0 Å². The molecule has 162 valence electrons. The highest BCUT2D eigenvalue weighted by Crippen LogP contribution is 2.40. The number of likely N-dealkylation sites (N-methyl/N-ethyl adjacent to an activating group) is 1. The average molecular weight is 442 g/mol. The Bertz CT molecular complexity index is 1090. The first-order chi connectivity index (χ1) is 15.0. The van der Waals surface area contributed by atoms with Crippen LogP contribution in [0.5, 0.6) is 0 Å². The van der Waals surface area contributed by atoms with Gasteiger partial charge in [-0.25, -0.2) is 14.3 Å². The van der Waals surface area contributed by atoms with Gasteiger partial charge in [0.15, 0.2) is 12.1 Å². The van der Waals surface area contributed by atoms with E-state index in [2.05, 4.69) is 20.5 Å². The third-order valence-corrected chi connectivity index (χ3v) is 6.04. The number of carbonyl (C=O) groups is 1. The Morgan fingerprint density at radius 2 is 2.00 bits per heavy atom. The van der Waals surface area contributed by atoms with Crippen molar-refractivity contribution in [2.75, 3.05) is 11.9 Å². The molecule has 0 saturated heterocycles. The van der Waals surface area contributed by atoms with Crippen LogP contribution in [-0.4, -0.2) is 48.6 Å². The topological polar surface area (TPSA) is 101 Å². The van der Waals surface area contributed by atoms with Gasteiger partial charge in [-0.15, -0.1) is 0 Å². The molecular weight excluding hydrogens is 418 g/mol. The minimum atomic E-state index is -1.15. The zero-order chi connectivity index (χ0) is 21.5. The van der Waals surface area contributed by atoms with E-state index in [0.717, 1.165) is 17.1 Å². The molecule has 10 heteroatoms. The molecule has 1 aromatic carbocycles. The molecule has 9 nitrogen and oxygen atoms in total. The maximum absolute atomic E-state index is 13.0. The fourth-order valence-corrected chi connectivity index (χ4v) is 3.99. The number of halogens is 1. The summed E-state index contributed by atoms with van der Waals surface area (Å²) in [5.74, 6) is 1.45. The van der Waals surface area contributed by atoms with E-state index in [1.165, 1.54) is 12.8 Å². The normalized spacial score (nSPS) is 19.9. The first-order valence-corrected chi connectivity index (χ1v) is 10.8. The lowest BCUT2D eigenvalue weighted by molar-refractivity contribution is -0.121. The number of aliphatic hydroxyl groups excluding tert-OH is 1. The van der Waals surface area contributed by atoms with Crippen molar-refractivity contribution in [3.63, 3.8) is 0 Å². The van der Waals surface area contributed by atoms with Crippen LogP contribution in [0.1, 0.15) is 48.5 Å². The Hall–Kier alpha value is -2.75. The Morgan fingerprint density at radius 1 is 1.23 bits per heavy atom. The molecule has 1 fully saturated rings. The lowest BCUT2D eigenvalue weighted by Crippen LogP contribution is -2.45. The quantitative estimate of drug-likeness (QED) is 0.568. The predicted octanol–water partition coefficient (Wildman–Crippen LogP) is 2.07. The van der Waals surface area contributed by atoms with Crippen molar-refractivity contribution in [3.8, 4) is 0 Å². The SMILES string of the molecule is CN1C(=O)C(NC(O)c2ncn(Cc3ccc(Cl)cc3)n2)CCn2nc(C3CC3)cc21. The monoisotopic (exact) mass is 441 g/mol. The summed E-state index contributed by atoms with van der Waals surface area (Å²) in [6, 6.07) is 8.91. The maximum Gasteiger partial charge on any atom is 0.245 e. The number of benzene rings is 1. The summed E-state index contributed by atoms with van der Waals surface area (Å²) >= 11 is 5.92. The van der Waals surface area contributed by atoms with E-state index < -0.39 is 12.3 Å². The Kier molecular flexibility index (Phi) is 5.25. The lowest BCUT2D eigenvalue weighted by atomic mass is 10.2. The number of hydrogen-bond donors (Lipinski definition) is 2. The van der Waals surface area contributed by atoms with Gasteiger partial charge < -0.3 is 5.11 Å². The van der Waals surface area contributed by atoms with E-state index >= 15 is 0 Å². The van der Waals surface area contributed by atoms with Crippen LogP contribution >= 0.6 is 11.6 Å². The Balaban J connectivity index is 1.24. The molecule has 3 heterocycles. The molecule has 0 radical (unpaired) electrons. The largest absolute Gasteiger partial charge is 0.371 e. The molecule has 2 N–H and O–H groups in total. The lowest BCUT2D eigenvalue weighted by Gasteiger charge is -2.22. The molecule has 2 unspecified atom stereocenters. The molecule has 0 spiro atoms. The van der Waals surface area contributed by atoms with Gasteiger partial charge in [-0.1, -0.05) is 23.7 Å². The van der Waals surface area contributed by atoms with Crippen molar-refractivity contribution >= 4 is 23.3 Å². The number of carbonyl (C=O) groups excluding carboxylic acids is 1. The van der Waals surface area contributed by atoms with E-state index in [9.17, 15) is 9.90 Å². The van der Waals surface area contributed by atoms with Crippen LogP contribution in [0.3, 0.4) is 0 Å². The second kappa shape index (κ2) is 8.07. The van der Waals surface area contributed by atoms with Crippen molar-refractivity contribution in [3.05, 3.63) is 58.8 Å². The molecule has 1 aliphatic carbocycles. The number of aromatic nitrogens is 5. The molecule has 0 bridgehead atoms. The molecule has 1 aliphatic heterocycles. The van der Waals surface area contributed by atoms with Gasteiger partial charge in [0.1, 0.15) is 12.1 Å². The summed E-state index contributed by atoms with van der Waals surface area (Å²) in [6.07, 6.45) is 3.26. The fraction of sp³-hybridized carbons (Fsp3) is 0.429. The van der Waals surface area contributed by atoms with Gasteiger partial charge in [-0.3, -0.25) is 15.0 Å². The van der Waals surface area contributed by atoms with Crippen molar-refractivity contribution < 1.29 is 9.90 Å². The highest BCUT2D eigenvalue weighted by Gasteiger charge is 2.34. The van der Waals surface area contributed by atoms with Crippen LogP contribution in [0.25, 0.3) is 0 Å². The molecule has 5 rings (SSSR count). The minimum absolute atomic E-state index is 0.111. The van der Waals surface area contributed by atoms with Gasteiger partial charge in [0.05, 0.1) is 18.3 Å². The minimum Gasteiger partial charge on any atom is -0.371 e. The summed E-state index contributed by atoms with van der Waals surface area (Å²) in [6.45, 7) is 1.10. The number of fused-ring (bicyclic) bond motifs is 1. The molecule has 2 aromatic heterocycles. The number of amides is 1. The summed E-state index contributed by atoms with van der Waals surface area (Å²) in [5.41, 5.74) is 2.08. The predicted molar refractivity (Wildman–Crippen MR) is 115 cm³/mol. The van der Waals surface area contributed by atoms with Crippen molar-refractivity contribution in [2.24, 2.45) is 0 Å². The number of aliphatic hydroxyl groups is 1. The molecule has 2 aliphatic rings. The van der Waals surface area contributed by atoms with Gasteiger partial charge >= 0.3 is 0 Å². The fourth-order valence-electron chi connectivity index (χ4n) is 3.87. The second-order valence-electron chi connectivity index (χ2n) is 8.16. The summed E-state index contributed by atoms with van der Waals surface area (Å²) in [4.78, 5) is 18.8. The standard InChI is InChI=1S/C21H24ClN7O2/c1-27-18-10-17(14-4-5-14)25-29(18)9-8-16(21(27)31)24-20(30)19-23-12-28(26-19)11-13-2-6-15(22)7-3-13/h2-3,6-7,10,12,14,16,20,24,30H,4-5,8-9,11H2,1H3. The van der Waals surface area contributed by atoms with Crippen LogP contribution < -0.4 is 10.2 Å². The molecule has 1 amide bonds. The Labute approximate surface area is 184 Å². The van der Waals surface area contributed by atoms with Gasteiger partial charge in [-0.05, 0) is 37.0 Å². The number of nitrogens with zero attached hydrogens (tertiary/aromatic N) is 6. The first kappa shape index (κ1) is 20.2. The van der Waals surface area contributed by atoms with Crippen LogP contribution in [-0.2, 0) is 17.9 Å². The highest BCUT2D eigenvalue weighted by atomic mass is 35.5. The molecular formula is C21H24ClN7O2. The van der Waals surface area contributed by atoms with E-state index in [1.54, 1.807) is 23.0 Å². The van der Waals surface area contributed by atoms with Crippen LogP contribution in [0.2, 0.25) is 5.02 Å². The molecule has 2 atom stereocenters. The summed E-state index contributed by atoms with van der Waals surface area (Å²) < 4.78 is 3.53. The van der Waals surface area contributed by atoms with Crippen molar-refractivity contribution in [2.45, 2.75) is 50.5 Å². The first-order valence-electron chi connectivity index (χ1n) is 10.4. The summed E-state index contributed by atoms with van der Waals surface area (Å²) in [5, 5.41) is 23.3. The molecule has 3 aromatic rings.